The van der Waals surface area contributed by atoms with Crippen molar-refractivity contribution in [2.45, 2.75) is 13.0 Å². The van der Waals surface area contributed by atoms with Crippen molar-refractivity contribution in [3.63, 3.8) is 0 Å². The van der Waals surface area contributed by atoms with E-state index >= 15 is 0 Å². The molecule has 9 heteroatoms. The van der Waals surface area contributed by atoms with Crippen LogP contribution in [0.4, 0.5) is 0 Å². The minimum absolute atomic E-state index is 0.115. The Kier molecular flexibility index (Phi) is 4.51. The van der Waals surface area contributed by atoms with Crippen LogP contribution in [0.5, 0.6) is 0 Å². The van der Waals surface area contributed by atoms with Gasteiger partial charge >= 0.3 is 0 Å². The Balaban J connectivity index is 1.74. The SMILES string of the molecule is COC[C@H](C)NC(=O)c1c[nH]c2ncc(-[n+]3c[nH]c4cc(Cl)ccc43)nc12. The zero-order valence-corrected chi connectivity index (χ0v) is 15.5. The van der Waals surface area contributed by atoms with E-state index in [1.165, 1.54) is 0 Å². The van der Waals surface area contributed by atoms with Gasteiger partial charge in [0.05, 0.1) is 6.61 Å². The van der Waals surface area contributed by atoms with Gasteiger partial charge in [0, 0.05) is 24.4 Å². The number of carbonyl (C=O) groups is 1. The molecule has 8 nitrogen and oxygen atoms in total. The van der Waals surface area contributed by atoms with Crippen LogP contribution in [0.25, 0.3) is 28.0 Å². The standard InChI is InChI=1S/C18H17ClN6O2/c1-10(8-27-2)23-18(26)12-6-20-17-16(12)24-15(7-21-17)25-9-22-13-5-11(19)3-4-14(13)25/h3-7,9-10H,8H2,1-2H3,(H2,20,21,23,24,26)/p+1/t10-/m0/s1. The van der Waals surface area contributed by atoms with Gasteiger partial charge in [0.2, 0.25) is 0 Å². The number of rotatable bonds is 5. The second-order valence-electron chi connectivity index (χ2n) is 6.26. The van der Waals surface area contributed by atoms with Crippen LogP contribution in [0, 0.1) is 0 Å². The van der Waals surface area contributed by atoms with Gasteiger partial charge in [0.1, 0.15) is 22.8 Å². The minimum Gasteiger partial charge on any atom is -0.383 e. The summed E-state index contributed by atoms with van der Waals surface area (Å²) in [7, 11) is 1.59. The monoisotopic (exact) mass is 385 g/mol. The highest BCUT2D eigenvalue weighted by Gasteiger charge is 2.21. The second kappa shape index (κ2) is 6.98. The normalized spacial score (nSPS) is 12.6. The van der Waals surface area contributed by atoms with Gasteiger partial charge in [-0.25, -0.2) is 4.98 Å². The molecule has 27 heavy (non-hydrogen) atoms. The van der Waals surface area contributed by atoms with Crippen molar-refractivity contribution < 1.29 is 14.1 Å². The molecule has 0 saturated heterocycles. The van der Waals surface area contributed by atoms with Crippen LogP contribution in [-0.2, 0) is 4.74 Å². The number of halogens is 1. The van der Waals surface area contributed by atoms with Gasteiger partial charge in [0.15, 0.2) is 17.5 Å². The zero-order chi connectivity index (χ0) is 19.0. The molecule has 0 aliphatic heterocycles. The van der Waals surface area contributed by atoms with E-state index in [4.69, 9.17) is 16.3 Å². The fourth-order valence-electron chi connectivity index (χ4n) is 2.99. The molecule has 4 rings (SSSR count). The maximum Gasteiger partial charge on any atom is 0.286 e. The highest BCUT2D eigenvalue weighted by atomic mass is 35.5. The Morgan fingerprint density at radius 2 is 2.26 bits per heavy atom. The quantitative estimate of drug-likeness (QED) is 0.458. The number of H-pyrrole nitrogens is 2. The van der Waals surface area contributed by atoms with E-state index in [0.29, 0.717) is 34.2 Å². The first-order chi connectivity index (χ1) is 13.1. The van der Waals surface area contributed by atoms with E-state index in [2.05, 4.69) is 25.3 Å². The molecule has 0 saturated carbocycles. The minimum atomic E-state index is -0.229. The molecule has 1 aromatic carbocycles. The Morgan fingerprint density at radius 1 is 1.41 bits per heavy atom. The van der Waals surface area contributed by atoms with Crippen molar-refractivity contribution in [3.05, 3.63) is 47.5 Å². The van der Waals surface area contributed by atoms with Crippen LogP contribution < -0.4 is 9.88 Å². The summed E-state index contributed by atoms with van der Waals surface area (Å²) in [6, 6.07) is 5.44. The maximum absolute atomic E-state index is 12.6. The molecule has 0 spiro atoms. The summed E-state index contributed by atoms with van der Waals surface area (Å²) >= 11 is 6.04. The van der Waals surface area contributed by atoms with Gasteiger partial charge in [-0.05, 0) is 25.1 Å². The number of aromatic nitrogens is 5. The maximum atomic E-state index is 12.6. The fraction of sp³-hybridized carbons (Fsp3) is 0.222. The van der Waals surface area contributed by atoms with Crippen LogP contribution in [0.15, 0.2) is 36.9 Å². The number of hydrogen-bond acceptors (Lipinski definition) is 4. The number of ether oxygens (including phenoxy) is 1. The van der Waals surface area contributed by atoms with E-state index in [1.807, 2.05) is 29.7 Å². The van der Waals surface area contributed by atoms with Crippen LogP contribution in [0.3, 0.4) is 0 Å². The summed E-state index contributed by atoms with van der Waals surface area (Å²) in [4.78, 5) is 27.8. The molecule has 0 fully saturated rings. The molecule has 3 aromatic heterocycles. The highest BCUT2D eigenvalue weighted by Crippen LogP contribution is 2.18. The van der Waals surface area contributed by atoms with Crippen LogP contribution >= 0.6 is 11.6 Å². The number of methoxy groups -OCH3 is 1. The molecule has 138 valence electrons. The van der Waals surface area contributed by atoms with Crippen LogP contribution in [-0.4, -0.2) is 45.6 Å². The lowest BCUT2D eigenvalue weighted by atomic mass is 10.2. The summed E-state index contributed by atoms with van der Waals surface area (Å²) < 4.78 is 6.92. The first-order valence-electron chi connectivity index (χ1n) is 8.39. The number of nitrogens with zero attached hydrogens (tertiary/aromatic N) is 3. The Hall–Kier alpha value is -2.97. The summed E-state index contributed by atoms with van der Waals surface area (Å²) in [5.41, 5.74) is 3.27. The molecule has 0 unspecified atom stereocenters. The Labute approximate surface area is 159 Å². The zero-order valence-electron chi connectivity index (χ0n) is 14.8. The Bertz CT molecular complexity index is 1140. The topological polar surface area (TPSA) is 99.6 Å². The molecule has 0 bridgehead atoms. The van der Waals surface area contributed by atoms with Gasteiger partial charge in [-0.15, -0.1) is 0 Å². The molecule has 0 aliphatic carbocycles. The van der Waals surface area contributed by atoms with Crippen LogP contribution in [0.1, 0.15) is 17.3 Å². The van der Waals surface area contributed by atoms with Gasteiger partial charge in [-0.1, -0.05) is 16.6 Å². The summed E-state index contributed by atoms with van der Waals surface area (Å²) in [5, 5.41) is 3.53. The van der Waals surface area contributed by atoms with Crippen molar-refractivity contribution in [1.29, 1.82) is 0 Å². The van der Waals surface area contributed by atoms with Crippen molar-refractivity contribution in [1.82, 2.24) is 25.3 Å². The lowest BCUT2D eigenvalue weighted by molar-refractivity contribution is -0.571. The largest absolute Gasteiger partial charge is 0.383 e. The van der Waals surface area contributed by atoms with Crippen molar-refractivity contribution in [3.8, 4) is 5.82 Å². The van der Waals surface area contributed by atoms with E-state index < -0.39 is 0 Å². The van der Waals surface area contributed by atoms with Crippen LogP contribution in [0.2, 0.25) is 5.02 Å². The fourth-order valence-corrected chi connectivity index (χ4v) is 3.16. The molecule has 0 radical (unpaired) electrons. The Morgan fingerprint density at radius 3 is 3.07 bits per heavy atom. The molecule has 0 aliphatic rings. The summed E-state index contributed by atoms with van der Waals surface area (Å²) in [6.45, 7) is 2.30. The molecule has 3 heterocycles. The lowest BCUT2D eigenvalue weighted by Crippen LogP contribution is -2.35. The third-order valence-corrected chi connectivity index (χ3v) is 4.46. The molecule has 3 N–H and O–H groups in total. The van der Waals surface area contributed by atoms with Gasteiger partial charge in [-0.2, -0.15) is 4.57 Å². The van der Waals surface area contributed by atoms with E-state index in [1.54, 1.807) is 25.8 Å². The molecule has 1 amide bonds. The lowest BCUT2D eigenvalue weighted by Gasteiger charge is -2.11. The smallest absolute Gasteiger partial charge is 0.286 e. The number of amides is 1. The first-order valence-corrected chi connectivity index (χ1v) is 8.77. The molecule has 4 aromatic rings. The third-order valence-electron chi connectivity index (χ3n) is 4.22. The van der Waals surface area contributed by atoms with Gasteiger partial charge in [0.25, 0.3) is 11.7 Å². The summed E-state index contributed by atoms with van der Waals surface area (Å²) in [5.74, 6) is 0.364. The molecular weight excluding hydrogens is 368 g/mol. The third kappa shape index (κ3) is 3.24. The number of hydrogen-bond donors (Lipinski definition) is 3. The number of benzene rings is 1. The van der Waals surface area contributed by atoms with E-state index in [9.17, 15) is 4.79 Å². The van der Waals surface area contributed by atoms with E-state index in [0.717, 1.165) is 11.0 Å². The van der Waals surface area contributed by atoms with Gasteiger partial charge in [-0.3, -0.25) is 9.78 Å². The first kappa shape index (κ1) is 17.4. The number of imidazole rings is 1. The predicted octanol–water partition coefficient (Wildman–Crippen LogP) is 2.13. The van der Waals surface area contributed by atoms with Crippen molar-refractivity contribution in [2.24, 2.45) is 0 Å². The number of nitrogens with one attached hydrogen (secondary N) is 3. The number of aromatic amines is 2. The van der Waals surface area contributed by atoms with E-state index in [-0.39, 0.29) is 11.9 Å². The van der Waals surface area contributed by atoms with Crippen molar-refractivity contribution in [2.75, 3.05) is 13.7 Å². The molecular formula is C18H18ClN6O2+. The summed E-state index contributed by atoms with van der Waals surface area (Å²) in [6.07, 6.45) is 5.04. The number of fused-ring (bicyclic) bond motifs is 2. The number of carbonyl (C=O) groups excluding carboxylic acids is 1. The predicted molar refractivity (Wildman–Crippen MR) is 101 cm³/mol. The second-order valence-corrected chi connectivity index (χ2v) is 6.70. The average molecular weight is 386 g/mol. The van der Waals surface area contributed by atoms with Crippen molar-refractivity contribution >= 4 is 39.7 Å². The highest BCUT2D eigenvalue weighted by molar-refractivity contribution is 6.31. The average Bonchev–Trinajstić information content (AvgIpc) is 3.24. The molecule has 1 atom stereocenters. The van der Waals surface area contributed by atoms with Gasteiger partial charge < -0.3 is 15.0 Å².